The van der Waals surface area contributed by atoms with Crippen LogP contribution in [0.2, 0.25) is 0 Å². The summed E-state index contributed by atoms with van der Waals surface area (Å²) in [6.45, 7) is 3.54. The van der Waals surface area contributed by atoms with E-state index in [9.17, 15) is 13.2 Å². The number of benzene rings is 1. The van der Waals surface area contributed by atoms with Gasteiger partial charge < -0.3 is 4.90 Å². The third kappa shape index (κ3) is 2.72. The molecule has 22 heavy (non-hydrogen) atoms. The van der Waals surface area contributed by atoms with Crippen molar-refractivity contribution in [3.8, 4) is 0 Å². The number of fused-ring (bicyclic) bond motifs is 1. The van der Waals surface area contributed by atoms with Crippen LogP contribution >= 0.6 is 0 Å². The van der Waals surface area contributed by atoms with Gasteiger partial charge in [0.15, 0.2) is 0 Å². The number of rotatable bonds is 2. The van der Waals surface area contributed by atoms with Crippen molar-refractivity contribution in [2.75, 3.05) is 23.7 Å². The Kier molecular flexibility index (Phi) is 3.89. The first kappa shape index (κ1) is 15.3. The van der Waals surface area contributed by atoms with E-state index < -0.39 is 10.0 Å². The van der Waals surface area contributed by atoms with E-state index in [2.05, 4.69) is 0 Å². The Labute approximate surface area is 132 Å². The molecule has 1 aromatic carbocycles. The molecule has 2 aliphatic heterocycles. The molecule has 1 saturated heterocycles. The van der Waals surface area contributed by atoms with Crippen LogP contribution in [0.4, 0.5) is 5.69 Å². The van der Waals surface area contributed by atoms with Crippen molar-refractivity contribution >= 4 is 21.6 Å². The Morgan fingerprint density at radius 1 is 1.18 bits per heavy atom. The van der Waals surface area contributed by atoms with Crippen LogP contribution in [0.15, 0.2) is 18.2 Å². The van der Waals surface area contributed by atoms with E-state index in [1.54, 1.807) is 12.1 Å². The molecule has 0 radical (unpaired) electrons. The van der Waals surface area contributed by atoms with Crippen molar-refractivity contribution < 1.29 is 13.2 Å². The number of nitrogens with zero attached hydrogens (tertiary/aromatic N) is 2. The zero-order chi connectivity index (χ0) is 15.9. The van der Waals surface area contributed by atoms with Gasteiger partial charge in [0, 0.05) is 24.7 Å². The van der Waals surface area contributed by atoms with E-state index in [4.69, 9.17) is 0 Å². The fourth-order valence-electron chi connectivity index (χ4n) is 3.52. The van der Waals surface area contributed by atoms with Crippen LogP contribution < -0.4 is 4.31 Å². The number of amides is 1. The molecule has 2 aliphatic rings. The quantitative estimate of drug-likeness (QED) is 0.837. The highest BCUT2D eigenvalue weighted by Gasteiger charge is 2.33. The van der Waals surface area contributed by atoms with Gasteiger partial charge in [-0.3, -0.25) is 9.10 Å². The van der Waals surface area contributed by atoms with Crippen molar-refractivity contribution in [1.29, 1.82) is 0 Å². The van der Waals surface area contributed by atoms with E-state index in [1.165, 1.54) is 17.0 Å². The van der Waals surface area contributed by atoms with Gasteiger partial charge >= 0.3 is 0 Å². The molecule has 120 valence electrons. The number of sulfonamides is 1. The summed E-state index contributed by atoms with van der Waals surface area (Å²) in [6, 6.07) is 5.31. The van der Waals surface area contributed by atoms with Gasteiger partial charge in [0.2, 0.25) is 10.0 Å². The van der Waals surface area contributed by atoms with Crippen LogP contribution in [0, 0.1) is 0 Å². The molecule has 2 heterocycles. The second kappa shape index (κ2) is 5.57. The maximum Gasteiger partial charge on any atom is 0.253 e. The predicted molar refractivity (Wildman–Crippen MR) is 86.7 cm³/mol. The number of carbonyl (C=O) groups is 1. The number of hydrogen-bond donors (Lipinski definition) is 0. The van der Waals surface area contributed by atoms with Crippen molar-refractivity contribution in [2.45, 2.75) is 38.6 Å². The highest BCUT2D eigenvalue weighted by atomic mass is 32.2. The second-order valence-corrected chi connectivity index (χ2v) is 8.17. The molecule has 5 nitrogen and oxygen atoms in total. The number of hydrogen-bond acceptors (Lipinski definition) is 3. The average Bonchev–Trinajstić information content (AvgIpc) is 2.82. The molecule has 1 atom stereocenters. The number of piperidine rings is 1. The molecule has 0 aromatic heterocycles. The molecule has 1 fully saturated rings. The van der Waals surface area contributed by atoms with E-state index in [0.29, 0.717) is 17.7 Å². The molecule has 3 rings (SSSR count). The topological polar surface area (TPSA) is 57.7 Å². The molecule has 1 amide bonds. The SMILES string of the molecule is C[C@H]1Cc2cc(C(=O)N3CCCCC3)ccc2N1S(C)(=O)=O. The Bertz CT molecular complexity index is 693. The lowest BCUT2D eigenvalue weighted by molar-refractivity contribution is 0.0724. The van der Waals surface area contributed by atoms with Crippen molar-refractivity contribution in [1.82, 2.24) is 4.90 Å². The summed E-state index contributed by atoms with van der Waals surface area (Å²) in [4.78, 5) is 14.5. The minimum absolute atomic E-state index is 0.0629. The van der Waals surface area contributed by atoms with Gasteiger partial charge in [-0.15, -0.1) is 0 Å². The monoisotopic (exact) mass is 322 g/mol. The Balaban J connectivity index is 1.89. The molecule has 1 aromatic rings. The molecular formula is C16H22N2O3S. The number of anilines is 1. The van der Waals surface area contributed by atoms with Crippen molar-refractivity contribution in [3.63, 3.8) is 0 Å². The Morgan fingerprint density at radius 2 is 1.86 bits per heavy atom. The zero-order valence-corrected chi connectivity index (χ0v) is 13.9. The first-order valence-electron chi connectivity index (χ1n) is 7.79. The third-order valence-electron chi connectivity index (χ3n) is 4.48. The van der Waals surface area contributed by atoms with E-state index in [-0.39, 0.29) is 11.9 Å². The lowest BCUT2D eigenvalue weighted by Crippen LogP contribution is -2.35. The average molecular weight is 322 g/mol. The Morgan fingerprint density at radius 3 is 2.50 bits per heavy atom. The molecule has 0 unspecified atom stereocenters. The van der Waals surface area contributed by atoms with Gasteiger partial charge in [-0.1, -0.05) is 0 Å². The number of likely N-dealkylation sites (tertiary alicyclic amines) is 1. The first-order valence-corrected chi connectivity index (χ1v) is 9.64. The molecule has 6 heteroatoms. The van der Waals surface area contributed by atoms with Crippen molar-refractivity contribution in [2.24, 2.45) is 0 Å². The van der Waals surface area contributed by atoms with Crippen LogP contribution in [0.3, 0.4) is 0 Å². The standard InChI is InChI=1S/C16H22N2O3S/c1-12-10-14-11-13(16(19)17-8-4-3-5-9-17)6-7-15(14)18(12)22(2,20)21/h6-7,11-12H,3-5,8-10H2,1-2H3/t12-/m0/s1. The van der Waals surface area contributed by atoms with E-state index in [0.717, 1.165) is 31.5 Å². The number of carbonyl (C=O) groups excluding carboxylic acids is 1. The van der Waals surface area contributed by atoms with Crippen LogP contribution in [0.1, 0.15) is 42.1 Å². The second-order valence-electron chi connectivity index (χ2n) is 6.31. The molecule has 0 spiro atoms. The van der Waals surface area contributed by atoms with Gasteiger partial charge in [-0.05, 0) is 56.4 Å². The summed E-state index contributed by atoms with van der Waals surface area (Å²) < 4.78 is 25.3. The molecule has 0 N–H and O–H groups in total. The third-order valence-corrected chi connectivity index (χ3v) is 5.75. The molecule has 0 saturated carbocycles. The van der Waals surface area contributed by atoms with Gasteiger partial charge in [-0.2, -0.15) is 0 Å². The molecule has 0 aliphatic carbocycles. The predicted octanol–water partition coefficient (Wildman–Crippen LogP) is 2.02. The van der Waals surface area contributed by atoms with Crippen LogP contribution in [0.25, 0.3) is 0 Å². The summed E-state index contributed by atoms with van der Waals surface area (Å²) >= 11 is 0. The summed E-state index contributed by atoms with van der Waals surface area (Å²) in [5.41, 5.74) is 2.33. The molecular weight excluding hydrogens is 300 g/mol. The lowest BCUT2D eigenvalue weighted by Gasteiger charge is -2.27. The minimum Gasteiger partial charge on any atom is -0.339 e. The fourth-order valence-corrected chi connectivity index (χ4v) is 4.78. The van der Waals surface area contributed by atoms with Crippen LogP contribution in [-0.4, -0.2) is 44.6 Å². The normalized spacial score (nSPS) is 21.8. The maximum absolute atomic E-state index is 12.6. The lowest BCUT2D eigenvalue weighted by atomic mass is 10.0. The van der Waals surface area contributed by atoms with Gasteiger partial charge in [0.25, 0.3) is 5.91 Å². The van der Waals surface area contributed by atoms with Crippen LogP contribution in [0.5, 0.6) is 0 Å². The van der Waals surface area contributed by atoms with Crippen molar-refractivity contribution in [3.05, 3.63) is 29.3 Å². The Hall–Kier alpha value is -1.56. The summed E-state index contributed by atoms with van der Waals surface area (Å²) in [5, 5.41) is 0. The highest BCUT2D eigenvalue weighted by Crippen LogP contribution is 2.35. The van der Waals surface area contributed by atoms with Gasteiger partial charge in [0.05, 0.1) is 11.9 Å². The van der Waals surface area contributed by atoms with Gasteiger partial charge in [0.1, 0.15) is 0 Å². The zero-order valence-electron chi connectivity index (χ0n) is 13.1. The fraction of sp³-hybridized carbons (Fsp3) is 0.562. The minimum atomic E-state index is -3.28. The highest BCUT2D eigenvalue weighted by molar-refractivity contribution is 7.92. The summed E-state index contributed by atoms with van der Waals surface area (Å²) in [7, 11) is -3.28. The maximum atomic E-state index is 12.6. The van der Waals surface area contributed by atoms with E-state index >= 15 is 0 Å². The molecule has 0 bridgehead atoms. The van der Waals surface area contributed by atoms with E-state index in [1.807, 2.05) is 17.9 Å². The smallest absolute Gasteiger partial charge is 0.253 e. The largest absolute Gasteiger partial charge is 0.339 e. The first-order chi connectivity index (χ1) is 10.4. The summed E-state index contributed by atoms with van der Waals surface area (Å²) in [6.07, 6.45) is 5.20. The van der Waals surface area contributed by atoms with Gasteiger partial charge in [-0.25, -0.2) is 8.42 Å². The van der Waals surface area contributed by atoms with Crippen LogP contribution in [-0.2, 0) is 16.4 Å². The summed E-state index contributed by atoms with van der Waals surface area (Å²) in [5.74, 6) is 0.0629.